The SMILES string of the molecule is Cc1cccc(CCC2(C)CCN([C@H](CN3C(=O)N(C)C(C)(C)C3=O)C(=O)NO)C2=O)c1. The van der Waals surface area contributed by atoms with Crippen LogP contribution < -0.4 is 5.48 Å². The average Bonchev–Trinajstić information content (AvgIpc) is 3.12. The molecule has 2 fully saturated rings. The van der Waals surface area contributed by atoms with Crippen LogP contribution in [-0.4, -0.2) is 75.4 Å². The molecule has 2 atom stereocenters. The molecule has 0 radical (unpaired) electrons. The van der Waals surface area contributed by atoms with Crippen molar-refractivity contribution in [2.75, 3.05) is 20.1 Å². The molecule has 1 aromatic rings. The van der Waals surface area contributed by atoms with Crippen molar-refractivity contribution < 1.29 is 24.4 Å². The highest BCUT2D eigenvalue weighted by Gasteiger charge is 2.52. The Kier molecular flexibility index (Phi) is 6.33. The molecule has 2 saturated heterocycles. The van der Waals surface area contributed by atoms with Crippen molar-refractivity contribution in [2.24, 2.45) is 5.41 Å². The highest BCUT2D eigenvalue weighted by Crippen LogP contribution is 2.37. The maximum absolute atomic E-state index is 13.4. The van der Waals surface area contributed by atoms with Gasteiger partial charge in [-0.2, -0.15) is 0 Å². The Labute approximate surface area is 188 Å². The number of aryl methyl sites for hydroxylation is 2. The molecule has 0 bridgehead atoms. The molecule has 2 aliphatic heterocycles. The number of hydrogen-bond donors (Lipinski definition) is 2. The Morgan fingerprint density at radius 3 is 2.44 bits per heavy atom. The van der Waals surface area contributed by atoms with Crippen molar-refractivity contribution in [3.63, 3.8) is 0 Å². The molecule has 0 aliphatic carbocycles. The molecule has 0 aromatic heterocycles. The summed E-state index contributed by atoms with van der Waals surface area (Å²) in [6.45, 7) is 7.14. The third kappa shape index (κ3) is 4.09. The van der Waals surface area contributed by atoms with Gasteiger partial charge in [0, 0.05) is 19.0 Å². The first-order valence-electron chi connectivity index (χ1n) is 10.8. The van der Waals surface area contributed by atoms with Crippen molar-refractivity contribution in [3.8, 4) is 0 Å². The van der Waals surface area contributed by atoms with Crippen LogP contribution >= 0.6 is 0 Å². The Bertz CT molecular complexity index is 946. The molecule has 2 N–H and O–H groups in total. The first-order chi connectivity index (χ1) is 14.9. The molecule has 0 saturated carbocycles. The largest absolute Gasteiger partial charge is 0.328 e. The van der Waals surface area contributed by atoms with Crippen molar-refractivity contribution in [2.45, 2.75) is 58.5 Å². The smallest absolute Gasteiger partial charge is 0.327 e. The second kappa shape index (κ2) is 8.54. The van der Waals surface area contributed by atoms with Gasteiger partial charge in [-0.3, -0.25) is 24.5 Å². The lowest BCUT2D eigenvalue weighted by Gasteiger charge is -2.31. The van der Waals surface area contributed by atoms with Crippen LogP contribution in [0.25, 0.3) is 0 Å². The summed E-state index contributed by atoms with van der Waals surface area (Å²) in [6.07, 6.45) is 1.87. The Hall–Kier alpha value is -2.94. The molecule has 3 rings (SSSR count). The molecular formula is C23H32N4O5. The first-order valence-corrected chi connectivity index (χ1v) is 10.8. The Morgan fingerprint density at radius 1 is 1.19 bits per heavy atom. The first kappa shape index (κ1) is 23.7. The molecule has 9 heteroatoms. The number of nitrogens with zero attached hydrogens (tertiary/aromatic N) is 3. The fraction of sp³-hybridized carbons (Fsp3) is 0.565. The maximum Gasteiger partial charge on any atom is 0.327 e. The average molecular weight is 445 g/mol. The summed E-state index contributed by atoms with van der Waals surface area (Å²) >= 11 is 0. The van der Waals surface area contributed by atoms with Gasteiger partial charge < -0.3 is 9.80 Å². The number of urea groups is 1. The number of carbonyl (C=O) groups is 4. The number of benzene rings is 1. The van der Waals surface area contributed by atoms with Crippen molar-refractivity contribution in [1.82, 2.24) is 20.2 Å². The highest BCUT2D eigenvalue weighted by molar-refractivity contribution is 6.07. The van der Waals surface area contributed by atoms with E-state index < -0.39 is 34.8 Å². The third-order valence-corrected chi connectivity index (χ3v) is 7.00. The van der Waals surface area contributed by atoms with Crippen LogP contribution in [-0.2, 0) is 20.8 Å². The van der Waals surface area contributed by atoms with E-state index in [1.807, 2.05) is 32.0 Å². The number of rotatable bonds is 7. The minimum atomic E-state index is -1.16. The topological polar surface area (TPSA) is 110 Å². The zero-order valence-electron chi connectivity index (χ0n) is 19.3. The van der Waals surface area contributed by atoms with Crippen LogP contribution in [0.2, 0.25) is 0 Å². The summed E-state index contributed by atoms with van der Waals surface area (Å²) in [5.74, 6) is -1.49. The normalized spacial score (nSPS) is 23.8. The molecule has 174 valence electrons. The summed E-state index contributed by atoms with van der Waals surface area (Å²) in [7, 11) is 1.52. The van der Waals surface area contributed by atoms with Crippen LogP contribution in [0.5, 0.6) is 0 Å². The monoisotopic (exact) mass is 444 g/mol. The van der Waals surface area contributed by atoms with E-state index in [-0.39, 0.29) is 12.5 Å². The highest BCUT2D eigenvalue weighted by atomic mass is 16.5. The fourth-order valence-electron chi connectivity index (χ4n) is 4.45. The van der Waals surface area contributed by atoms with Gasteiger partial charge in [0.2, 0.25) is 5.91 Å². The Balaban J connectivity index is 1.77. The summed E-state index contributed by atoms with van der Waals surface area (Å²) in [4.78, 5) is 54.9. The van der Waals surface area contributed by atoms with E-state index in [4.69, 9.17) is 0 Å². The number of likely N-dealkylation sites (N-methyl/N-ethyl adjacent to an activating group) is 1. The molecule has 0 spiro atoms. The van der Waals surface area contributed by atoms with Crippen molar-refractivity contribution in [1.29, 1.82) is 0 Å². The van der Waals surface area contributed by atoms with E-state index in [1.54, 1.807) is 19.3 Å². The van der Waals surface area contributed by atoms with Gasteiger partial charge in [0.1, 0.15) is 11.6 Å². The Morgan fingerprint density at radius 2 is 1.88 bits per heavy atom. The van der Waals surface area contributed by atoms with Gasteiger partial charge in [0.25, 0.3) is 11.8 Å². The number of amides is 5. The number of hydroxylamine groups is 1. The number of carbonyl (C=O) groups excluding carboxylic acids is 4. The standard InChI is InChI=1S/C23H32N4O5/c1-15-7-6-8-16(13-15)9-10-23(4)11-12-26(20(23)30)17(18(28)24-32)14-27-19(29)22(2,3)25(5)21(27)31/h6-8,13,17,32H,9-12,14H2,1-5H3,(H,24,28)/t17-,23?/m1/s1. The molecule has 2 aliphatic rings. The zero-order chi connectivity index (χ0) is 23.8. The van der Waals surface area contributed by atoms with Gasteiger partial charge in [-0.05, 0) is 45.6 Å². The van der Waals surface area contributed by atoms with Gasteiger partial charge in [-0.15, -0.1) is 0 Å². The van der Waals surface area contributed by atoms with E-state index in [2.05, 4.69) is 6.07 Å². The lowest BCUT2D eigenvalue weighted by molar-refractivity contribution is -0.147. The van der Waals surface area contributed by atoms with Gasteiger partial charge >= 0.3 is 6.03 Å². The lowest BCUT2D eigenvalue weighted by atomic mass is 9.82. The van der Waals surface area contributed by atoms with Gasteiger partial charge in [0.15, 0.2) is 0 Å². The molecule has 1 unspecified atom stereocenters. The van der Waals surface area contributed by atoms with Gasteiger partial charge in [-0.25, -0.2) is 10.3 Å². The van der Waals surface area contributed by atoms with Crippen LogP contribution in [0.15, 0.2) is 24.3 Å². The van der Waals surface area contributed by atoms with Crippen LogP contribution in [0, 0.1) is 12.3 Å². The minimum Gasteiger partial charge on any atom is -0.328 e. The summed E-state index contributed by atoms with van der Waals surface area (Å²) in [6, 6.07) is 6.42. The van der Waals surface area contributed by atoms with E-state index in [0.29, 0.717) is 19.4 Å². The van der Waals surface area contributed by atoms with E-state index >= 15 is 0 Å². The second-order valence-electron chi connectivity index (χ2n) is 9.61. The fourth-order valence-corrected chi connectivity index (χ4v) is 4.45. The predicted octanol–water partition coefficient (Wildman–Crippen LogP) is 1.71. The summed E-state index contributed by atoms with van der Waals surface area (Å²) in [5, 5.41) is 9.28. The molecule has 32 heavy (non-hydrogen) atoms. The molecule has 1 aromatic carbocycles. The number of nitrogens with one attached hydrogen (secondary N) is 1. The number of imide groups is 1. The predicted molar refractivity (Wildman–Crippen MR) is 117 cm³/mol. The van der Waals surface area contributed by atoms with E-state index in [1.165, 1.54) is 16.8 Å². The van der Waals surface area contributed by atoms with Crippen molar-refractivity contribution >= 4 is 23.8 Å². The van der Waals surface area contributed by atoms with E-state index in [9.17, 15) is 24.4 Å². The quantitative estimate of drug-likeness (QED) is 0.378. The summed E-state index contributed by atoms with van der Waals surface area (Å²) < 4.78 is 0. The van der Waals surface area contributed by atoms with Gasteiger partial charge in [0.05, 0.1) is 6.54 Å². The maximum atomic E-state index is 13.4. The molecule has 2 heterocycles. The molecule has 5 amide bonds. The van der Waals surface area contributed by atoms with Crippen molar-refractivity contribution in [3.05, 3.63) is 35.4 Å². The second-order valence-corrected chi connectivity index (χ2v) is 9.61. The van der Waals surface area contributed by atoms with Gasteiger partial charge in [-0.1, -0.05) is 36.8 Å². The lowest BCUT2D eigenvalue weighted by Crippen LogP contribution is -2.55. The number of likely N-dealkylation sites (tertiary alicyclic amines) is 1. The zero-order valence-corrected chi connectivity index (χ0v) is 19.3. The number of hydrogen-bond acceptors (Lipinski definition) is 5. The third-order valence-electron chi connectivity index (χ3n) is 7.00. The summed E-state index contributed by atoms with van der Waals surface area (Å²) in [5.41, 5.74) is 2.16. The van der Waals surface area contributed by atoms with Crippen LogP contribution in [0.1, 0.15) is 44.7 Å². The van der Waals surface area contributed by atoms with E-state index in [0.717, 1.165) is 22.4 Å². The molecular weight excluding hydrogens is 412 g/mol. The van der Waals surface area contributed by atoms with Crippen LogP contribution in [0.3, 0.4) is 0 Å². The molecule has 9 nitrogen and oxygen atoms in total. The minimum absolute atomic E-state index is 0.217. The van der Waals surface area contributed by atoms with Crippen LogP contribution in [0.4, 0.5) is 4.79 Å².